The van der Waals surface area contributed by atoms with Gasteiger partial charge in [0.1, 0.15) is 0 Å². The van der Waals surface area contributed by atoms with Gasteiger partial charge in [0, 0.05) is 12.0 Å². The molecule has 0 aromatic rings. The molecule has 66 valence electrons. The van der Waals surface area contributed by atoms with E-state index < -0.39 is 5.97 Å². The van der Waals surface area contributed by atoms with Crippen molar-refractivity contribution in [2.45, 2.75) is 39.2 Å². The van der Waals surface area contributed by atoms with Gasteiger partial charge in [0.25, 0.3) is 0 Å². The lowest BCUT2D eigenvalue weighted by molar-refractivity contribution is -0.137. The van der Waals surface area contributed by atoms with Gasteiger partial charge in [-0.1, -0.05) is 0 Å². The number of carboxylic acid groups (broad SMARTS) is 1. The monoisotopic (exact) mass is 159 g/mol. The first-order valence-corrected chi connectivity index (χ1v) is 3.88. The van der Waals surface area contributed by atoms with Gasteiger partial charge >= 0.3 is 5.97 Å². The highest BCUT2D eigenvalue weighted by atomic mass is 16.4. The zero-order valence-corrected chi connectivity index (χ0v) is 7.48. The summed E-state index contributed by atoms with van der Waals surface area (Å²) in [6, 6.07) is 0. The van der Waals surface area contributed by atoms with Crippen LogP contribution in [0, 0.1) is 0 Å². The first kappa shape index (κ1) is 10.4. The van der Waals surface area contributed by atoms with Crippen LogP contribution < -0.4 is 5.32 Å². The molecule has 3 heteroatoms. The van der Waals surface area contributed by atoms with E-state index >= 15 is 0 Å². The summed E-state index contributed by atoms with van der Waals surface area (Å²) in [4.78, 5) is 10.1. The molecule has 0 rings (SSSR count). The Morgan fingerprint density at radius 1 is 1.45 bits per heavy atom. The fraction of sp³-hybridized carbons (Fsp3) is 0.875. The van der Waals surface area contributed by atoms with Gasteiger partial charge in [0.2, 0.25) is 0 Å². The molecule has 0 spiro atoms. The lowest BCUT2D eigenvalue weighted by atomic mass is 10.1. The highest BCUT2D eigenvalue weighted by Gasteiger charge is 2.07. The SMILES string of the molecule is CC(C)(C)NCCCC(=O)O. The fourth-order valence-electron chi connectivity index (χ4n) is 0.703. The van der Waals surface area contributed by atoms with Crippen LogP contribution in [-0.4, -0.2) is 23.2 Å². The standard InChI is InChI=1S/C8H17NO2/c1-8(2,3)9-6-4-5-7(10)11/h9H,4-6H2,1-3H3,(H,10,11). The Morgan fingerprint density at radius 2 is 2.00 bits per heavy atom. The highest BCUT2D eigenvalue weighted by molar-refractivity contribution is 5.66. The predicted octanol–water partition coefficient (Wildman–Crippen LogP) is 1.24. The van der Waals surface area contributed by atoms with E-state index in [0.717, 1.165) is 6.54 Å². The number of aliphatic carboxylic acids is 1. The summed E-state index contributed by atoms with van der Waals surface area (Å²) in [6.45, 7) is 6.96. The van der Waals surface area contributed by atoms with Crippen LogP contribution in [0.1, 0.15) is 33.6 Å². The average Bonchev–Trinajstić information content (AvgIpc) is 1.78. The van der Waals surface area contributed by atoms with E-state index in [9.17, 15) is 4.79 Å². The van der Waals surface area contributed by atoms with Crippen molar-refractivity contribution < 1.29 is 9.90 Å². The second kappa shape index (κ2) is 4.34. The number of rotatable bonds is 4. The smallest absolute Gasteiger partial charge is 0.303 e. The van der Waals surface area contributed by atoms with Crippen molar-refractivity contribution >= 4 is 5.97 Å². The van der Waals surface area contributed by atoms with E-state index in [-0.39, 0.29) is 12.0 Å². The molecular formula is C8H17NO2. The van der Waals surface area contributed by atoms with Crippen molar-refractivity contribution in [3.05, 3.63) is 0 Å². The van der Waals surface area contributed by atoms with Crippen LogP contribution in [0.5, 0.6) is 0 Å². The summed E-state index contributed by atoms with van der Waals surface area (Å²) in [5.41, 5.74) is 0.0957. The maximum absolute atomic E-state index is 10.1. The summed E-state index contributed by atoms with van der Waals surface area (Å²) in [5.74, 6) is -0.722. The van der Waals surface area contributed by atoms with Crippen molar-refractivity contribution in [3.63, 3.8) is 0 Å². The first-order chi connectivity index (χ1) is 4.92. The molecule has 0 unspecified atom stereocenters. The number of carbonyl (C=O) groups is 1. The van der Waals surface area contributed by atoms with Crippen molar-refractivity contribution in [1.82, 2.24) is 5.32 Å². The molecule has 0 aliphatic heterocycles. The van der Waals surface area contributed by atoms with Gasteiger partial charge in [-0.15, -0.1) is 0 Å². The van der Waals surface area contributed by atoms with Crippen LogP contribution in [-0.2, 0) is 4.79 Å². The van der Waals surface area contributed by atoms with Crippen LogP contribution in [0.2, 0.25) is 0 Å². The molecule has 0 aromatic carbocycles. The van der Waals surface area contributed by atoms with Crippen molar-refractivity contribution in [2.24, 2.45) is 0 Å². The molecular weight excluding hydrogens is 142 g/mol. The highest BCUT2D eigenvalue weighted by Crippen LogP contribution is 1.98. The predicted molar refractivity (Wildman–Crippen MR) is 44.6 cm³/mol. The molecule has 3 nitrogen and oxygen atoms in total. The average molecular weight is 159 g/mol. The van der Waals surface area contributed by atoms with Crippen molar-refractivity contribution in [1.29, 1.82) is 0 Å². The van der Waals surface area contributed by atoms with Gasteiger partial charge in [0.15, 0.2) is 0 Å². The van der Waals surface area contributed by atoms with Crippen molar-refractivity contribution in [3.8, 4) is 0 Å². The number of hydrogen-bond donors (Lipinski definition) is 2. The molecule has 0 saturated heterocycles. The second-order valence-corrected chi connectivity index (χ2v) is 3.67. The third-order valence-corrected chi connectivity index (χ3v) is 1.22. The molecule has 0 atom stereocenters. The van der Waals surface area contributed by atoms with Gasteiger partial charge < -0.3 is 10.4 Å². The molecule has 0 aromatic heterocycles. The molecule has 0 heterocycles. The van der Waals surface area contributed by atoms with Crippen LogP contribution >= 0.6 is 0 Å². The fourth-order valence-corrected chi connectivity index (χ4v) is 0.703. The Labute approximate surface area is 67.8 Å². The Morgan fingerprint density at radius 3 is 2.36 bits per heavy atom. The summed E-state index contributed by atoms with van der Waals surface area (Å²) in [7, 11) is 0. The van der Waals surface area contributed by atoms with Crippen LogP contribution in [0.25, 0.3) is 0 Å². The van der Waals surface area contributed by atoms with Crippen LogP contribution in [0.15, 0.2) is 0 Å². The largest absolute Gasteiger partial charge is 0.481 e. The zero-order valence-electron chi connectivity index (χ0n) is 7.48. The molecule has 0 saturated carbocycles. The van der Waals surface area contributed by atoms with Crippen molar-refractivity contribution in [2.75, 3.05) is 6.54 Å². The topological polar surface area (TPSA) is 49.3 Å². The summed E-state index contributed by atoms with van der Waals surface area (Å²) < 4.78 is 0. The second-order valence-electron chi connectivity index (χ2n) is 3.67. The number of carboxylic acids is 1. The van der Waals surface area contributed by atoms with Crippen LogP contribution in [0.4, 0.5) is 0 Å². The molecule has 11 heavy (non-hydrogen) atoms. The Bertz CT molecular complexity index is 127. The number of hydrogen-bond acceptors (Lipinski definition) is 2. The van der Waals surface area contributed by atoms with E-state index in [2.05, 4.69) is 26.1 Å². The van der Waals surface area contributed by atoms with Gasteiger partial charge in [0.05, 0.1) is 0 Å². The van der Waals surface area contributed by atoms with E-state index in [1.807, 2.05) is 0 Å². The maximum Gasteiger partial charge on any atom is 0.303 e. The lowest BCUT2D eigenvalue weighted by Crippen LogP contribution is -2.36. The van der Waals surface area contributed by atoms with Gasteiger partial charge in [-0.25, -0.2) is 0 Å². The minimum atomic E-state index is -0.722. The Hall–Kier alpha value is -0.570. The van der Waals surface area contributed by atoms with Crippen LogP contribution in [0.3, 0.4) is 0 Å². The number of nitrogens with one attached hydrogen (secondary N) is 1. The maximum atomic E-state index is 10.1. The molecule has 0 aliphatic carbocycles. The van der Waals surface area contributed by atoms with E-state index in [1.165, 1.54) is 0 Å². The molecule has 0 amide bonds. The van der Waals surface area contributed by atoms with E-state index in [1.54, 1.807) is 0 Å². The summed E-state index contributed by atoms with van der Waals surface area (Å²) in [6.07, 6.45) is 0.954. The third-order valence-electron chi connectivity index (χ3n) is 1.22. The lowest BCUT2D eigenvalue weighted by Gasteiger charge is -2.19. The van der Waals surface area contributed by atoms with E-state index in [4.69, 9.17) is 5.11 Å². The molecule has 0 bridgehead atoms. The molecule has 0 aliphatic rings. The normalized spacial score (nSPS) is 11.5. The molecule has 0 radical (unpaired) electrons. The zero-order chi connectivity index (χ0) is 8.91. The van der Waals surface area contributed by atoms with E-state index in [0.29, 0.717) is 6.42 Å². The third kappa shape index (κ3) is 9.43. The summed E-state index contributed by atoms with van der Waals surface area (Å²) in [5, 5.41) is 11.5. The van der Waals surface area contributed by atoms with Gasteiger partial charge in [-0.05, 0) is 33.7 Å². The Kier molecular flexibility index (Phi) is 4.11. The minimum Gasteiger partial charge on any atom is -0.481 e. The van der Waals surface area contributed by atoms with Gasteiger partial charge in [-0.2, -0.15) is 0 Å². The molecule has 2 N–H and O–H groups in total. The Balaban J connectivity index is 3.22. The summed E-state index contributed by atoms with van der Waals surface area (Å²) >= 11 is 0. The first-order valence-electron chi connectivity index (χ1n) is 3.88. The molecule has 0 fully saturated rings. The van der Waals surface area contributed by atoms with Gasteiger partial charge in [-0.3, -0.25) is 4.79 Å². The quantitative estimate of drug-likeness (QED) is 0.607. The minimum absolute atomic E-state index is 0.0957.